The van der Waals surface area contributed by atoms with Gasteiger partial charge in [-0.1, -0.05) is 22.0 Å². The van der Waals surface area contributed by atoms with Crippen molar-refractivity contribution in [1.29, 1.82) is 0 Å². The van der Waals surface area contributed by atoms with Crippen LogP contribution in [-0.4, -0.2) is 12.8 Å². The SMILES string of the molecule is Cc1ccc(Br)c2c1CCN=C2. The lowest BCUT2D eigenvalue weighted by atomic mass is 9.98. The van der Waals surface area contributed by atoms with Crippen molar-refractivity contribution in [2.24, 2.45) is 4.99 Å². The monoisotopic (exact) mass is 223 g/mol. The Balaban J connectivity index is 2.67. The highest BCUT2D eigenvalue weighted by molar-refractivity contribution is 9.10. The Morgan fingerprint density at radius 3 is 3.00 bits per heavy atom. The van der Waals surface area contributed by atoms with E-state index in [0.717, 1.165) is 17.4 Å². The molecule has 0 atom stereocenters. The third-order valence-electron chi connectivity index (χ3n) is 2.25. The summed E-state index contributed by atoms with van der Waals surface area (Å²) in [6, 6.07) is 4.24. The van der Waals surface area contributed by atoms with Gasteiger partial charge in [0.25, 0.3) is 0 Å². The zero-order valence-corrected chi connectivity index (χ0v) is 8.56. The van der Waals surface area contributed by atoms with Gasteiger partial charge in [-0.15, -0.1) is 0 Å². The number of fused-ring (bicyclic) bond motifs is 1. The maximum absolute atomic E-state index is 4.27. The molecule has 0 saturated heterocycles. The first-order valence-corrected chi connectivity index (χ1v) is 4.86. The summed E-state index contributed by atoms with van der Waals surface area (Å²) in [6.45, 7) is 3.09. The van der Waals surface area contributed by atoms with Crippen molar-refractivity contribution in [3.63, 3.8) is 0 Å². The largest absolute Gasteiger partial charge is 0.292 e. The normalized spacial score (nSPS) is 14.5. The van der Waals surface area contributed by atoms with Crippen molar-refractivity contribution in [1.82, 2.24) is 0 Å². The van der Waals surface area contributed by atoms with Crippen LogP contribution in [0.1, 0.15) is 16.7 Å². The van der Waals surface area contributed by atoms with Crippen LogP contribution in [0.15, 0.2) is 21.6 Å². The summed E-state index contributed by atoms with van der Waals surface area (Å²) in [5.74, 6) is 0. The molecule has 2 heteroatoms. The molecule has 1 aromatic rings. The summed E-state index contributed by atoms with van der Waals surface area (Å²) < 4.78 is 1.16. The molecule has 0 fully saturated rings. The lowest BCUT2D eigenvalue weighted by Crippen LogP contribution is -2.05. The third kappa shape index (κ3) is 1.20. The van der Waals surface area contributed by atoms with E-state index in [1.165, 1.54) is 16.7 Å². The molecule has 2 rings (SSSR count). The van der Waals surface area contributed by atoms with Crippen molar-refractivity contribution >= 4 is 22.1 Å². The summed E-state index contributed by atoms with van der Waals surface area (Å²) in [7, 11) is 0. The van der Waals surface area contributed by atoms with Gasteiger partial charge in [0, 0.05) is 22.8 Å². The van der Waals surface area contributed by atoms with Gasteiger partial charge in [-0.3, -0.25) is 4.99 Å². The molecule has 1 aromatic carbocycles. The number of aryl methyl sites for hydroxylation is 1. The van der Waals surface area contributed by atoms with Gasteiger partial charge in [-0.25, -0.2) is 0 Å². The van der Waals surface area contributed by atoms with Crippen molar-refractivity contribution in [2.75, 3.05) is 6.54 Å². The number of hydrogen-bond donors (Lipinski definition) is 0. The molecular formula is C10H10BrN. The molecular weight excluding hydrogens is 214 g/mol. The number of benzene rings is 1. The molecule has 0 amide bonds. The highest BCUT2D eigenvalue weighted by atomic mass is 79.9. The first-order valence-electron chi connectivity index (χ1n) is 4.07. The van der Waals surface area contributed by atoms with Crippen molar-refractivity contribution in [2.45, 2.75) is 13.3 Å². The molecule has 1 heterocycles. The molecule has 62 valence electrons. The molecule has 0 saturated carbocycles. The minimum atomic E-state index is 0.935. The zero-order chi connectivity index (χ0) is 8.55. The predicted molar refractivity (Wildman–Crippen MR) is 55.0 cm³/mol. The van der Waals surface area contributed by atoms with E-state index in [0.29, 0.717) is 0 Å². The molecule has 0 radical (unpaired) electrons. The van der Waals surface area contributed by atoms with E-state index in [1.54, 1.807) is 0 Å². The van der Waals surface area contributed by atoms with Crippen LogP contribution in [0.25, 0.3) is 0 Å². The van der Waals surface area contributed by atoms with Gasteiger partial charge < -0.3 is 0 Å². The predicted octanol–water partition coefficient (Wildman–Crippen LogP) is 2.73. The van der Waals surface area contributed by atoms with Gasteiger partial charge >= 0.3 is 0 Å². The van der Waals surface area contributed by atoms with E-state index in [4.69, 9.17) is 0 Å². The van der Waals surface area contributed by atoms with E-state index in [9.17, 15) is 0 Å². The van der Waals surface area contributed by atoms with Crippen LogP contribution < -0.4 is 0 Å². The number of aliphatic imine (C=N–C) groups is 1. The number of halogens is 1. The first-order chi connectivity index (χ1) is 5.79. The van der Waals surface area contributed by atoms with E-state index in [-0.39, 0.29) is 0 Å². The van der Waals surface area contributed by atoms with Crippen LogP contribution in [-0.2, 0) is 6.42 Å². The average molecular weight is 224 g/mol. The van der Waals surface area contributed by atoms with Gasteiger partial charge in [0.2, 0.25) is 0 Å². The maximum atomic E-state index is 4.27. The highest BCUT2D eigenvalue weighted by Crippen LogP contribution is 2.24. The van der Waals surface area contributed by atoms with Gasteiger partial charge in [-0.2, -0.15) is 0 Å². The first kappa shape index (κ1) is 7.99. The van der Waals surface area contributed by atoms with Crippen LogP contribution in [0.2, 0.25) is 0 Å². The molecule has 0 spiro atoms. The molecule has 0 N–H and O–H groups in total. The van der Waals surface area contributed by atoms with Crippen molar-refractivity contribution < 1.29 is 0 Å². The number of rotatable bonds is 0. The van der Waals surface area contributed by atoms with E-state index in [2.05, 4.69) is 40.0 Å². The molecule has 12 heavy (non-hydrogen) atoms. The fraction of sp³-hybridized carbons (Fsp3) is 0.300. The van der Waals surface area contributed by atoms with Gasteiger partial charge in [-0.05, 0) is 30.5 Å². The van der Waals surface area contributed by atoms with Crippen LogP contribution in [0.4, 0.5) is 0 Å². The Morgan fingerprint density at radius 2 is 2.25 bits per heavy atom. The second-order valence-corrected chi connectivity index (χ2v) is 3.90. The topological polar surface area (TPSA) is 12.4 Å². The summed E-state index contributed by atoms with van der Waals surface area (Å²) in [5, 5.41) is 0. The van der Waals surface area contributed by atoms with Gasteiger partial charge in [0.05, 0.1) is 0 Å². The summed E-state index contributed by atoms with van der Waals surface area (Å²) in [5.41, 5.74) is 4.08. The Hall–Kier alpha value is -0.630. The quantitative estimate of drug-likeness (QED) is 0.642. The smallest absolute Gasteiger partial charge is 0.0430 e. The Bertz CT molecular complexity index is 342. The van der Waals surface area contributed by atoms with Crippen molar-refractivity contribution in [3.8, 4) is 0 Å². The minimum absolute atomic E-state index is 0.935. The fourth-order valence-electron chi connectivity index (χ4n) is 1.55. The Morgan fingerprint density at radius 1 is 1.42 bits per heavy atom. The van der Waals surface area contributed by atoms with Crippen LogP contribution in [0, 0.1) is 6.92 Å². The number of hydrogen-bond acceptors (Lipinski definition) is 1. The standard InChI is InChI=1S/C10H10BrN/c1-7-2-3-10(11)9-6-12-5-4-8(7)9/h2-3,6H,4-5H2,1H3. The van der Waals surface area contributed by atoms with E-state index >= 15 is 0 Å². The van der Waals surface area contributed by atoms with E-state index in [1.807, 2.05) is 6.21 Å². The Labute approximate surface area is 80.6 Å². The lowest BCUT2D eigenvalue weighted by Gasteiger charge is -2.13. The molecule has 1 aliphatic heterocycles. The second kappa shape index (κ2) is 3.02. The van der Waals surface area contributed by atoms with Gasteiger partial charge in [0.15, 0.2) is 0 Å². The lowest BCUT2D eigenvalue weighted by molar-refractivity contribution is 0.939. The minimum Gasteiger partial charge on any atom is -0.292 e. The number of nitrogens with zero attached hydrogens (tertiary/aromatic N) is 1. The summed E-state index contributed by atoms with van der Waals surface area (Å²) in [4.78, 5) is 4.27. The molecule has 0 aromatic heterocycles. The van der Waals surface area contributed by atoms with Crippen LogP contribution in [0.5, 0.6) is 0 Å². The summed E-state index contributed by atoms with van der Waals surface area (Å²) in [6.07, 6.45) is 3.05. The van der Waals surface area contributed by atoms with Crippen molar-refractivity contribution in [3.05, 3.63) is 33.3 Å². The van der Waals surface area contributed by atoms with E-state index < -0.39 is 0 Å². The fourth-order valence-corrected chi connectivity index (χ4v) is 2.02. The third-order valence-corrected chi connectivity index (χ3v) is 2.94. The molecule has 0 aliphatic carbocycles. The molecule has 0 bridgehead atoms. The highest BCUT2D eigenvalue weighted by Gasteiger charge is 2.10. The average Bonchev–Trinajstić information content (AvgIpc) is 2.12. The molecule has 1 aliphatic rings. The molecule has 1 nitrogen and oxygen atoms in total. The summed E-state index contributed by atoms with van der Waals surface area (Å²) >= 11 is 3.52. The van der Waals surface area contributed by atoms with Crippen LogP contribution >= 0.6 is 15.9 Å². The Kier molecular flexibility index (Phi) is 2.01. The zero-order valence-electron chi connectivity index (χ0n) is 6.97. The van der Waals surface area contributed by atoms with Crippen LogP contribution in [0.3, 0.4) is 0 Å². The maximum Gasteiger partial charge on any atom is 0.0430 e. The van der Waals surface area contributed by atoms with Gasteiger partial charge in [0.1, 0.15) is 0 Å². The second-order valence-electron chi connectivity index (χ2n) is 3.04. The molecule has 0 unspecified atom stereocenters.